The molecule has 0 bridgehead atoms. The third-order valence-electron chi connectivity index (χ3n) is 2.28. The molecule has 0 aliphatic rings. The fraction of sp³-hybridized carbons (Fsp3) is 0.636. The zero-order valence-corrected chi connectivity index (χ0v) is 11.3. The van der Waals surface area contributed by atoms with Crippen molar-refractivity contribution in [3.63, 3.8) is 0 Å². The first-order valence-electron chi connectivity index (χ1n) is 5.54. The van der Waals surface area contributed by atoms with Gasteiger partial charge in [-0.15, -0.1) is 0 Å². The van der Waals surface area contributed by atoms with Crippen molar-refractivity contribution < 1.29 is 4.74 Å². The van der Waals surface area contributed by atoms with Gasteiger partial charge in [-0.3, -0.25) is 0 Å². The molecule has 1 heterocycles. The molecule has 5 nitrogen and oxygen atoms in total. The summed E-state index contributed by atoms with van der Waals surface area (Å²) in [6, 6.07) is 1.73. The summed E-state index contributed by atoms with van der Waals surface area (Å²) in [5.41, 5.74) is 0. The number of nitrogens with zero attached hydrogens (tertiary/aromatic N) is 3. The van der Waals surface area contributed by atoms with E-state index >= 15 is 0 Å². The second-order valence-electron chi connectivity index (χ2n) is 3.85. The lowest BCUT2D eigenvalue weighted by Crippen LogP contribution is -2.28. The van der Waals surface area contributed by atoms with Crippen LogP contribution in [-0.4, -0.2) is 55.3 Å². The van der Waals surface area contributed by atoms with Gasteiger partial charge in [0.2, 0.25) is 0 Å². The van der Waals surface area contributed by atoms with Crippen LogP contribution in [0.25, 0.3) is 0 Å². The van der Waals surface area contributed by atoms with Crippen molar-refractivity contribution in [1.82, 2.24) is 14.9 Å². The highest BCUT2D eigenvalue weighted by molar-refractivity contribution is 6.29. The van der Waals surface area contributed by atoms with Crippen LogP contribution >= 0.6 is 11.6 Å². The zero-order chi connectivity index (χ0) is 12.7. The maximum absolute atomic E-state index is 5.84. The minimum absolute atomic E-state index is 0.465. The number of rotatable bonds is 7. The molecule has 1 N–H and O–H groups in total. The lowest BCUT2D eigenvalue weighted by Gasteiger charge is -2.16. The molecule has 0 spiro atoms. The first-order valence-corrected chi connectivity index (χ1v) is 5.92. The molecule has 0 fully saturated rings. The summed E-state index contributed by atoms with van der Waals surface area (Å²) in [6.07, 6.45) is 0. The van der Waals surface area contributed by atoms with Crippen molar-refractivity contribution in [2.45, 2.75) is 6.92 Å². The summed E-state index contributed by atoms with van der Waals surface area (Å²) < 4.78 is 5.01. The van der Waals surface area contributed by atoms with Crippen molar-refractivity contribution >= 4 is 17.4 Å². The molecule has 0 radical (unpaired) electrons. The number of likely N-dealkylation sites (N-methyl/N-ethyl adjacent to an activating group) is 1. The van der Waals surface area contributed by atoms with E-state index in [0.29, 0.717) is 11.0 Å². The largest absolute Gasteiger partial charge is 0.383 e. The van der Waals surface area contributed by atoms with Gasteiger partial charge in [0.15, 0.2) is 0 Å². The summed E-state index contributed by atoms with van der Waals surface area (Å²) in [5.74, 6) is 1.44. The molecule has 1 rings (SSSR count). The number of nitrogens with one attached hydrogen (secondary N) is 1. The Bertz CT molecular complexity index is 328. The molecule has 0 saturated carbocycles. The van der Waals surface area contributed by atoms with Gasteiger partial charge in [0.05, 0.1) is 6.61 Å². The SMILES string of the molecule is COCCN(C)CCNc1cc(Cl)nc(C)n1. The Kier molecular flexibility index (Phi) is 6.18. The molecular weight excluding hydrogens is 240 g/mol. The number of ether oxygens (including phenoxy) is 1. The highest BCUT2D eigenvalue weighted by atomic mass is 35.5. The van der Waals surface area contributed by atoms with E-state index in [1.165, 1.54) is 0 Å². The van der Waals surface area contributed by atoms with E-state index in [4.69, 9.17) is 16.3 Å². The molecule has 96 valence electrons. The molecule has 0 aromatic carbocycles. The maximum Gasteiger partial charge on any atom is 0.134 e. The van der Waals surface area contributed by atoms with E-state index in [1.54, 1.807) is 13.2 Å². The van der Waals surface area contributed by atoms with E-state index in [1.807, 2.05) is 6.92 Å². The highest BCUT2D eigenvalue weighted by Crippen LogP contribution is 2.10. The Labute approximate surface area is 107 Å². The minimum Gasteiger partial charge on any atom is -0.383 e. The molecule has 0 aliphatic heterocycles. The third kappa shape index (κ3) is 5.81. The fourth-order valence-electron chi connectivity index (χ4n) is 1.36. The molecule has 1 aromatic rings. The third-order valence-corrected chi connectivity index (χ3v) is 2.48. The summed E-state index contributed by atoms with van der Waals surface area (Å²) in [4.78, 5) is 10.4. The van der Waals surface area contributed by atoms with Crippen molar-refractivity contribution in [3.8, 4) is 0 Å². The molecule has 0 atom stereocenters. The zero-order valence-electron chi connectivity index (χ0n) is 10.5. The van der Waals surface area contributed by atoms with Gasteiger partial charge in [0.25, 0.3) is 0 Å². The maximum atomic E-state index is 5.84. The van der Waals surface area contributed by atoms with Gasteiger partial charge in [0, 0.05) is 32.8 Å². The van der Waals surface area contributed by atoms with Gasteiger partial charge < -0.3 is 15.0 Å². The second-order valence-corrected chi connectivity index (χ2v) is 4.23. The normalized spacial score (nSPS) is 10.9. The van der Waals surface area contributed by atoms with Crippen LogP contribution in [0.3, 0.4) is 0 Å². The van der Waals surface area contributed by atoms with Gasteiger partial charge in [0.1, 0.15) is 16.8 Å². The lowest BCUT2D eigenvalue weighted by molar-refractivity contribution is 0.163. The minimum atomic E-state index is 0.465. The summed E-state index contributed by atoms with van der Waals surface area (Å²) in [5, 5.41) is 3.68. The van der Waals surface area contributed by atoms with E-state index in [-0.39, 0.29) is 0 Å². The quantitative estimate of drug-likeness (QED) is 0.750. The van der Waals surface area contributed by atoms with Crippen molar-refractivity contribution in [2.75, 3.05) is 45.7 Å². The van der Waals surface area contributed by atoms with E-state index in [2.05, 4.69) is 27.2 Å². The van der Waals surface area contributed by atoms with Crippen molar-refractivity contribution in [2.24, 2.45) is 0 Å². The number of aryl methyl sites for hydroxylation is 1. The van der Waals surface area contributed by atoms with Gasteiger partial charge in [-0.1, -0.05) is 11.6 Å². The smallest absolute Gasteiger partial charge is 0.134 e. The molecule has 6 heteroatoms. The van der Waals surface area contributed by atoms with Crippen LogP contribution in [-0.2, 0) is 4.74 Å². The van der Waals surface area contributed by atoms with Crippen LogP contribution in [0.5, 0.6) is 0 Å². The first kappa shape index (κ1) is 14.2. The number of hydrogen-bond donors (Lipinski definition) is 1. The van der Waals surface area contributed by atoms with Crippen molar-refractivity contribution in [3.05, 3.63) is 17.0 Å². The van der Waals surface area contributed by atoms with Crippen LogP contribution in [0.4, 0.5) is 5.82 Å². The van der Waals surface area contributed by atoms with Gasteiger partial charge in [-0.25, -0.2) is 9.97 Å². The van der Waals surface area contributed by atoms with Crippen LogP contribution in [0.1, 0.15) is 5.82 Å². The average Bonchev–Trinajstić information content (AvgIpc) is 2.25. The number of methoxy groups -OCH3 is 1. The Morgan fingerprint density at radius 3 is 2.82 bits per heavy atom. The number of anilines is 1. The van der Waals surface area contributed by atoms with Crippen LogP contribution in [0.2, 0.25) is 5.15 Å². The predicted molar refractivity (Wildman–Crippen MR) is 69.6 cm³/mol. The van der Waals surface area contributed by atoms with Crippen LogP contribution in [0.15, 0.2) is 6.07 Å². The molecule has 17 heavy (non-hydrogen) atoms. The summed E-state index contributed by atoms with van der Waals surface area (Å²) in [7, 11) is 3.76. The molecule has 1 aromatic heterocycles. The topological polar surface area (TPSA) is 50.3 Å². The highest BCUT2D eigenvalue weighted by Gasteiger charge is 2.01. The molecule has 0 unspecified atom stereocenters. The van der Waals surface area contributed by atoms with Gasteiger partial charge in [-0.05, 0) is 14.0 Å². The van der Waals surface area contributed by atoms with Crippen LogP contribution in [0, 0.1) is 6.92 Å². The second kappa shape index (κ2) is 7.42. The Balaban J connectivity index is 2.30. The van der Waals surface area contributed by atoms with E-state index in [9.17, 15) is 0 Å². The Morgan fingerprint density at radius 1 is 1.41 bits per heavy atom. The fourth-order valence-corrected chi connectivity index (χ4v) is 1.58. The van der Waals surface area contributed by atoms with Gasteiger partial charge in [-0.2, -0.15) is 0 Å². The Morgan fingerprint density at radius 2 is 2.18 bits per heavy atom. The summed E-state index contributed by atoms with van der Waals surface area (Å²) in [6.45, 7) is 5.22. The van der Waals surface area contributed by atoms with E-state index < -0.39 is 0 Å². The molecular formula is C11H19ClN4O. The molecule has 0 amide bonds. The van der Waals surface area contributed by atoms with E-state index in [0.717, 1.165) is 32.1 Å². The Hall–Kier alpha value is -0.910. The average molecular weight is 259 g/mol. The monoisotopic (exact) mass is 258 g/mol. The molecule has 0 aliphatic carbocycles. The van der Waals surface area contributed by atoms with Gasteiger partial charge >= 0.3 is 0 Å². The lowest BCUT2D eigenvalue weighted by atomic mass is 10.5. The molecule has 0 saturated heterocycles. The number of halogens is 1. The van der Waals surface area contributed by atoms with Crippen LogP contribution < -0.4 is 5.32 Å². The predicted octanol–water partition coefficient (Wildman–Crippen LogP) is 1.43. The van der Waals surface area contributed by atoms with Crippen molar-refractivity contribution in [1.29, 1.82) is 0 Å². The number of aromatic nitrogens is 2. The summed E-state index contributed by atoms with van der Waals surface area (Å²) >= 11 is 5.84. The standard InChI is InChI=1S/C11H19ClN4O/c1-9-14-10(12)8-11(15-9)13-4-5-16(2)6-7-17-3/h8H,4-7H2,1-3H3,(H,13,14,15). The first-order chi connectivity index (χ1) is 8.11. The number of hydrogen-bond acceptors (Lipinski definition) is 5.